The first-order valence-electron chi connectivity index (χ1n) is 9.12. The van der Waals surface area contributed by atoms with Gasteiger partial charge in [0.15, 0.2) is 11.5 Å². The number of ether oxygens (including phenoxy) is 3. The van der Waals surface area contributed by atoms with Crippen LogP contribution in [0.15, 0.2) is 12.1 Å². The van der Waals surface area contributed by atoms with E-state index < -0.39 is 0 Å². The molecule has 0 spiro atoms. The molecule has 0 aliphatic carbocycles. The Hall–Kier alpha value is -1.60. The first-order valence-corrected chi connectivity index (χ1v) is 10.2. The van der Waals surface area contributed by atoms with Crippen LogP contribution >= 0.6 is 11.8 Å². The fourth-order valence-corrected chi connectivity index (χ4v) is 4.94. The van der Waals surface area contributed by atoms with Crippen molar-refractivity contribution in [3.63, 3.8) is 0 Å². The van der Waals surface area contributed by atoms with E-state index in [1.165, 1.54) is 19.3 Å². The number of nitrogens with zero attached hydrogens (tertiary/aromatic N) is 2. The van der Waals surface area contributed by atoms with Crippen molar-refractivity contribution < 1.29 is 19.0 Å². The molecule has 2 aliphatic rings. The molecule has 0 N–H and O–H groups in total. The van der Waals surface area contributed by atoms with E-state index in [1.807, 2.05) is 17.0 Å². The lowest BCUT2D eigenvalue weighted by Gasteiger charge is -2.31. The van der Waals surface area contributed by atoms with Gasteiger partial charge in [-0.15, -0.1) is 11.8 Å². The van der Waals surface area contributed by atoms with Gasteiger partial charge in [-0.05, 0) is 38.1 Å². The van der Waals surface area contributed by atoms with Crippen LogP contribution in [-0.4, -0.2) is 69.0 Å². The van der Waals surface area contributed by atoms with Crippen LogP contribution in [0.3, 0.4) is 0 Å². The molecule has 1 aromatic rings. The zero-order chi connectivity index (χ0) is 18.5. The van der Waals surface area contributed by atoms with Crippen LogP contribution in [0.5, 0.6) is 17.2 Å². The smallest absolute Gasteiger partial charge is 0.233 e. The summed E-state index contributed by atoms with van der Waals surface area (Å²) in [6.45, 7) is 3.95. The van der Waals surface area contributed by atoms with E-state index in [0.29, 0.717) is 23.0 Å². The highest BCUT2D eigenvalue weighted by Crippen LogP contribution is 2.48. The molecule has 26 heavy (non-hydrogen) atoms. The number of benzene rings is 1. The number of carbonyl (C=O) groups excluding carboxylic acids is 1. The van der Waals surface area contributed by atoms with E-state index in [9.17, 15) is 4.79 Å². The van der Waals surface area contributed by atoms with Gasteiger partial charge < -0.3 is 24.0 Å². The molecule has 1 amide bonds. The van der Waals surface area contributed by atoms with Crippen molar-refractivity contribution in [1.29, 1.82) is 0 Å². The molecule has 144 valence electrons. The summed E-state index contributed by atoms with van der Waals surface area (Å²) < 4.78 is 16.5. The standard InChI is InChI=1S/C19H28N2O4S/c1-23-15-8-7-14(17(24-2)18(15)25-3)19-21(16(22)13-26-19)12-11-20-9-5-4-6-10-20/h7-8,19H,4-6,9-13H2,1-3H3. The Bertz CT molecular complexity index is 634. The van der Waals surface area contributed by atoms with Crippen LogP contribution in [0.4, 0.5) is 0 Å². The van der Waals surface area contributed by atoms with Crippen molar-refractivity contribution >= 4 is 17.7 Å². The predicted octanol–water partition coefficient (Wildman–Crippen LogP) is 2.77. The van der Waals surface area contributed by atoms with Crippen molar-refractivity contribution in [2.45, 2.75) is 24.6 Å². The summed E-state index contributed by atoms with van der Waals surface area (Å²) in [5.74, 6) is 2.53. The van der Waals surface area contributed by atoms with E-state index in [0.717, 1.165) is 31.7 Å². The highest BCUT2D eigenvalue weighted by atomic mass is 32.2. The van der Waals surface area contributed by atoms with E-state index in [2.05, 4.69) is 4.90 Å². The number of carbonyl (C=O) groups is 1. The summed E-state index contributed by atoms with van der Waals surface area (Å²) >= 11 is 1.64. The zero-order valence-electron chi connectivity index (χ0n) is 15.8. The average Bonchev–Trinajstić information content (AvgIpc) is 3.06. The van der Waals surface area contributed by atoms with E-state index in [-0.39, 0.29) is 11.3 Å². The SMILES string of the molecule is COc1ccc(C2SCC(=O)N2CCN2CCCCC2)c(OC)c1OC. The Morgan fingerprint density at radius 2 is 1.73 bits per heavy atom. The highest BCUT2D eigenvalue weighted by Gasteiger charge is 2.36. The maximum absolute atomic E-state index is 12.5. The third-order valence-corrected chi connectivity index (χ3v) is 6.31. The lowest BCUT2D eigenvalue weighted by atomic mass is 10.1. The van der Waals surface area contributed by atoms with Crippen LogP contribution in [-0.2, 0) is 4.79 Å². The summed E-state index contributed by atoms with van der Waals surface area (Å²) in [6, 6.07) is 3.85. The van der Waals surface area contributed by atoms with Gasteiger partial charge >= 0.3 is 0 Å². The molecule has 6 nitrogen and oxygen atoms in total. The van der Waals surface area contributed by atoms with Crippen molar-refractivity contribution in [2.24, 2.45) is 0 Å². The fourth-order valence-electron chi connectivity index (χ4n) is 3.70. The second-order valence-electron chi connectivity index (χ2n) is 6.58. The topological polar surface area (TPSA) is 51.2 Å². The molecular formula is C19H28N2O4S. The molecule has 2 aliphatic heterocycles. The van der Waals surface area contributed by atoms with Gasteiger partial charge in [-0.2, -0.15) is 0 Å². The lowest BCUT2D eigenvalue weighted by Crippen LogP contribution is -2.39. The van der Waals surface area contributed by atoms with Gasteiger partial charge in [-0.1, -0.05) is 6.42 Å². The van der Waals surface area contributed by atoms with Crippen LogP contribution < -0.4 is 14.2 Å². The first-order chi connectivity index (χ1) is 12.7. The summed E-state index contributed by atoms with van der Waals surface area (Å²) in [7, 11) is 4.83. The van der Waals surface area contributed by atoms with E-state index in [1.54, 1.807) is 33.1 Å². The molecule has 0 saturated carbocycles. The molecule has 3 rings (SSSR count). The normalized spacial score (nSPS) is 21.1. The Morgan fingerprint density at radius 1 is 1.00 bits per heavy atom. The molecule has 1 unspecified atom stereocenters. The van der Waals surface area contributed by atoms with Crippen LogP contribution in [0, 0.1) is 0 Å². The molecule has 2 saturated heterocycles. The molecule has 0 bridgehead atoms. The Balaban J connectivity index is 1.81. The number of amides is 1. The van der Waals surface area contributed by atoms with Gasteiger partial charge in [-0.25, -0.2) is 0 Å². The van der Waals surface area contributed by atoms with E-state index >= 15 is 0 Å². The third kappa shape index (κ3) is 3.88. The molecule has 1 atom stereocenters. The third-order valence-electron chi connectivity index (χ3n) is 5.07. The van der Waals surface area contributed by atoms with Gasteiger partial charge in [0.25, 0.3) is 0 Å². The number of thioether (sulfide) groups is 1. The summed E-state index contributed by atoms with van der Waals surface area (Å²) in [5.41, 5.74) is 0.958. The molecule has 0 aromatic heterocycles. The quantitative estimate of drug-likeness (QED) is 0.725. The Kier molecular flexibility index (Phi) is 6.53. The maximum Gasteiger partial charge on any atom is 0.233 e. The largest absolute Gasteiger partial charge is 0.493 e. The van der Waals surface area contributed by atoms with Gasteiger partial charge in [0.2, 0.25) is 11.7 Å². The van der Waals surface area contributed by atoms with Crippen molar-refractivity contribution in [3.8, 4) is 17.2 Å². The molecule has 7 heteroatoms. The summed E-state index contributed by atoms with van der Waals surface area (Å²) in [6.07, 6.45) is 3.84. The Labute approximate surface area is 159 Å². The second kappa shape index (κ2) is 8.86. The van der Waals surface area contributed by atoms with Crippen molar-refractivity contribution in [2.75, 3.05) is 53.3 Å². The number of methoxy groups -OCH3 is 3. The van der Waals surface area contributed by atoms with Gasteiger partial charge in [0.05, 0.1) is 27.1 Å². The molecule has 1 aromatic carbocycles. The minimum atomic E-state index is -0.0537. The van der Waals surface area contributed by atoms with Gasteiger partial charge in [0, 0.05) is 18.7 Å². The minimum Gasteiger partial charge on any atom is -0.493 e. The Morgan fingerprint density at radius 3 is 2.38 bits per heavy atom. The maximum atomic E-state index is 12.5. The van der Waals surface area contributed by atoms with Crippen molar-refractivity contribution in [1.82, 2.24) is 9.80 Å². The average molecular weight is 381 g/mol. The monoisotopic (exact) mass is 380 g/mol. The van der Waals surface area contributed by atoms with Gasteiger partial charge in [0.1, 0.15) is 5.37 Å². The minimum absolute atomic E-state index is 0.0537. The molecule has 2 fully saturated rings. The van der Waals surface area contributed by atoms with Crippen LogP contribution in [0.25, 0.3) is 0 Å². The van der Waals surface area contributed by atoms with Crippen LogP contribution in [0.1, 0.15) is 30.2 Å². The highest BCUT2D eigenvalue weighted by molar-refractivity contribution is 8.00. The molecule has 2 heterocycles. The lowest BCUT2D eigenvalue weighted by molar-refractivity contribution is -0.128. The fraction of sp³-hybridized carbons (Fsp3) is 0.632. The van der Waals surface area contributed by atoms with E-state index in [4.69, 9.17) is 14.2 Å². The second-order valence-corrected chi connectivity index (χ2v) is 7.64. The van der Waals surface area contributed by atoms with Gasteiger partial charge in [-0.3, -0.25) is 4.79 Å². The summed E-state index contributed by atoms with van der Waals surface area (Å²) in [4.78, 5) is 16.9. The number of hydrogen-bond acceptors (Lipinski definition) is 6. The number of likely N-dealkylation sites (tertiary alicyclic amines) is 1. The molecular weight excluding hydrogens is 352 g/mol. The summed E-state index contributed by atoms with van der Waals surface area (Å²) in [5, 5.41) is -0.0537. The number of piperidine rings is 1. The number of rotatable bonds is 7. The van der Waals surface area contributed by atoms with Crippen LogP contribution in [0.2, 0.25) is 0 Å². The molecule has 0 radical (unpaired) electrons. The first kappa shape index (κ1) is 19.2. The van der Waals surface area contributed by atoms with Crippen molar-refractivity contribution in [3.05, 3.63) is 17.7 Å². The predicted molar refractivity (Wildman–Crippen MR) is 103 cm³/mol. The number of hydrogen-bond donors (Lipinski definition) is 0. The zero-order valence-corrected chi connectivity index (χ0v) is 16.6.